The summed E-state index contributed by atoms with van der Waals surface area (Å²) in [4.78, 5) is 22.2. The van der Waals surface area contributed by atoms with E-state index < -0.39 is 5.82 Å². The molecule has 1 fully saturated rings. The van der Waals surface area contributed by atoms with E-state index in [1.807, 2.05) is 6.92 Å². The van der Waals surface area contributed by atoms with E-state index >= 15 is 0 Å². The molecule has 0 unspecified atom stereocenters. The molecule has 1 saturated heterocycles. The van der Waals surface area contributed by atoms with Gasteiger partial charge in [0, 0.05) is 30.2 Å². The fraction of sp³-hybridized carbons (Fsp3) is 0.318. The third-order valence-corrected chi connectivity index (χ3v) is 5.32. The van der Waals surface area contributed by atoms with Crippen molar-refractivity contribution in [1.82, 2.24) is 14.9 Å². The second kappa shape index (κ2) is 9.54. The van der Waals surface area contributed by atoms with Crippen molar-refractivity contribution < 1.29 is 18.7 Å². The fourth-order valence-corrected chi connectivity index (χ4v) is 3.77. The number of esters is 1. The summed E-state index contributed by atoms with van der Waals surface area (Å²) in [7, 11) is 0. The van der Waals surface area contributed by atoms with Crippen LogP contribution in [0.2, 0.25) is 5.02 Å². The number of benzene rings is 2. The lowest BCUT2D eigenvalue weighted by Gasteiger charge is -2.30. The molecule has 4 rings (SSSR count). The number of nitrogen functional groups attached to an aromatic ring is 1. The van der Waals surface area contributed by atoms with Gasteiger partial charge >= 0.3 is 5.97 Å². The maximum atomic E-state index is 13.4. The molecule has 32 heavy (non-hydrogen) atoms. The Bertz CT molecular complexity index is 1150. The van der Waals surface area contributed by atoms with E-state index in [0.29, 0.717) is 47.0 Å². The SMILES string of the molecule is C[C@@H]1CN(CCCOc2cc3ncnc(Nc4ccc(F)c(Cl)c4)c3cc2N)CC(=O)O1. The molecule has 0 bridgehead atoms. The second-order valence-electron chi connectivity index (χ2n) is 7.62. The Labute approximate surface area is 189 Å². The molecule has 0 spiro atoms. The quantitative estimate of drug-likeness (QED) is 0.313. The number of halogens is 2. The molecule has 2 heterocycles. The van der Waals surface area contributed by atoms with Gasteiger partial charge in [0.05, 0.1) is 29.4 Å². The first kappa shape index (κ1) is 22.0. The molecule has 168 valence electrons. The van der Waals surface area contributed by atoms with Crippen LogP contribution in [0.25, 0.3) is 10.9 Å². The number of aromatic nitrogens is 2. The van der Waals surface area contributed by atoms with Crippen LogP contribution in [0.1, 0.15) is 13.3 Å². The highest BCUT2D eigenvalue weighted by Gasteiger charge is 2.22. The van der Waals surface area contributed by atoms with E-state index in [2.05, 4.69) is 20.2 Å². The van der Waals surface area contributed by atoms with Gasteiger partial charge in [0.2, 0.25) is 0 Å². The normalized spacial score (nSPS) is 16.7. The highest BCUT2D eigenvalue weighted by molar-refractivity contribution is 6.31. The molecule has 3 N–H and O–H groups in total. The van der Waals surface area contributed by atoms with E-state index in [4.69, 9.17) is 26.8 Å². The molecule has 1 atom stereocenters. The van der Waals surface area contributed by atoms with E-state index in [9.17, 15) is 9.18 Å². The Morgan fingerprint density at radius 1 is 1.34 bits per heavy atom. The topological polar surface area (TPSA) is 103 Å². The Morgan fingerprint density at radius 3 is 2.97 bits per heavy atom. The molecule has 1 aliphatic rings. The number of cyclic esters (lactones) is 1. The van der Waals surface area contributed by atoms with Crippen LogP contribution in [-0.2, 0) is 9.53 Å². The molecular formula is C22H23ClFN5O3. The van der Waals surface area contributed by atoms with E-state index in [1.165, 1.54) is 18.5 Å². The molecule has 8 nitrogen and oxygen atoms in total. The minimum Gasteiger partial charge on any atom is -0.491 e. The van der Waals surface area contributed by atoms with Crippen molar-refractivity contribution >= 4 is 45.7 Å². The molecule has 1 aromatic heterocycles. The number of ether oxygens (including phenoxy) is 2. The summed E-state index contributed by atoms with van der Waals surface area (Å²) in [6.45, 7) is 4.07. The summed E-state index contributed by atoms with van der Waals surface area (Å²) in [6.07, 6.45) is 2.06. The number of anilines is 3. The Hall–Kier alpha value is -3.17. The van der Waals surface area contributed by atoms with Crippen LogP contribution in [0.3, 0.4) is 0 Å². The van der Waals surface area contributed by atoms with Crippen molar-refractivity contribution in [2.24, 2.45) is 0 Å². The summed E-state index contributed by atoms with van der Waals surface area (Å²) < 4.78 is 24.4. The van der Waals surface area contributed by atoms with Gasteiger partial charge in [0.15, 0.2) is 0 Å². The summed E-state index contributed by atoms with van der Waals surface area (Å²) in [5, 5.41) is 3.82. The van der Waals surface area contributed by atoms with Gasteiger partial charge in [-0.3, -0.25) is 9.69 Å². The van der Waals surface area contributed by atoms with Crippen molar-refractivity contribution in [3.8, 4) is 5.75 Å². The predicted molar refractivity (Wildman–Crippen MR) is 121 cm³/mol. The van der Waals surface area contributed by atoms with Gasteiger partial charge in [-0.25, -0.2) is 14.4 Å². The number of hydrogen-bond donors (Lipinski definition) is 2. The van der Waals surface area contributed by atoms with Crippen LogP contribution in [0.4, 0.5) is 21.6 Å². The molecule has 0 saturated carbocycles. The van der Waals surface area contributed by atoms with Crippen LogP contribution in [-0.4, -0.2) is 53.2 Å². The average Bonchev–Trinajstić information content (AvgIpc) is 2.74. The molecule has 0 aliphatic carbocycles. The molecule has 2 aromatic carbocycles. The minimum atomic E-state index is -0.495. The predicted octanol–water partition coefficient (Wildman–Crippen LogP) is 3.76. The zero-order chi connectivity index (χ0) is 22.7. The number of rotatable bonds is 7. The highest BCUT2D eigenvalue weighted by atomic mass is 35.5. The maximum Gasteiger partial charge on any atom is 0.320 e. The van der Waals surface area contributed by atoms with Gasteiger partial charge in [-0.05, 0) is 37.6 Å². The van der Waals surface area contributed by atoms with Gasteiger partial charge in [0.25, 0.3) is 0 Å². The lowest BCUT2D eigenvalue weighted by atomic mass is 10.2. The third-order valence-electron chi connectivity index (χ3n) is 5.03. The number of morpholine rings is 1. The summed E-state index contributed by atoms with van der Waals surface area (Å²) in [5.74, 6) is 0.349. The van der Waals surface area contributed by atoms with Crippen molar-refractivity contribution in [1.29, 1.82) is 0 Å². The Morgan fingerprint density at radius 2 is 2.19 bits per heavy atom. The lowest BCUT2D eigenvalue weighted by molar-refractivity contribution is -0.157. The lowest BCUT2D eigenvalue weighted by Crippen LogP contribution is -2.44. The summed E-state index contributed by atoms with van der Waals surface area (Å²) in [5.41, 5.74) is 7.89. The van der Waals surface area contributed by atoms with Crippen molar-refractivity contribution in [2.75, 3.05) is 37.3 Å². The molecule has 0 amide bonds. The molecule has 0 radical (unpaired) electrons. The Balaban J connectivity index is 1.42. The fourth-order valence-electron chi connectivity index (χ4n) is 3.59. The van der Waals surface area contributed by atoms with Crippen LogP contribution >= 0.6 is 11.6 Å². The number of carbonyl (C=O) groups is 1. The first-order chi connectivity index (χ1) is 15.4. The number of nitrogens with two attached hydrogens (primary N) is 1. The highest BCUT2D eigenvalue weighted by Crippen LogP contribution is 2.32. The van der Waals surface area contributed by atoms with Gasteiger partial charge in [-0.2, -0.15) is 0 Å². The van der Waals surface area contributed by atoms with Gasteiger partial charge < -0.3 is 20.5 Å². The van der Waals surface area contributed by atoms with E-state index in [-0.39, 0.29) is 17.1 Å². The second-order valence-corrected chi connectivity index (χ2v) is 8.03. The zero-order valence-corrected chi connectivity index (χ0v) is 18.2. The number of hydrogen-bond acceptors (Lipinski definition) is 8. The van der Waals surface area contributed by atoms with E-state index in [0.717, 1.165) is 19.5 Å². The summed E-state index contributed by atoms with van der Waals surface area (Å²) in [6, 6.07) is 7.82. The largest absolute Gasteiger partial charge is 0.491 e. The van der Waals surface area contributed by atoms with E-state index in [1.54, 1.807) is 18.2 Å². The zero-order valence-electron chi connectivity index (χ0n) is 17.5. The third kappa shape index (κ3) is 5.17. The van der Waals surface area contributed by atoms with Crippen molar-refractivity contribution in [3.05, 3.63) is 47.5 Å². The molecule has 1 aliphatic heterocycles. The van der Waals surface area contributed by atoms with Crippen LogP contribution < -0.4 is 15.8 Å². The first-order valence-corrected chi connectivity index (χ1v) is 10.6. The monoisotopic (exact) mass is 459 g/mol. The van der Waals surface area contributed by atoms with Crippen LogP contribution in [0.5, 0.6) is 5.75 Å². The molecule has 10 heteroatoms. The number of carbonyl (C=O) groups excluding carboxylic acids is 1. The number of nitrogens with one attached hydrogen (secondary N) is 1. The summed E-state index contributed by atoms with van der Waals surface area (Å²) >= 11 is 5.86. The van der Waals surface area contributed by atoms with Crippen molar-refractivity contribution in [3.63, 3.8) is 0 Å². The average molecular weight is 460 g/mol. The van der Waals surface area contributed by atoms with Crippen LogP contribution in [0.15, 0.2) is 36.7 Å². The molecular weight excluding hydrogens is 437 g/mol. The minimum absolute atomic E-state index is 0.0134. The standard InChI is InChI=1S/C22H23ClFN5O3/c1-13-10-29(11-21(30)32-13)5-2-6-31-20-9-19-15(8-18(20)25)22(27-12-26-19)28-14-3-4-17(24)16(23)7-14/h3-4,7-9,12-13H,2,5-6,10-11,25H2,1H3,(H,26,27,28)/t13-/m1/s1. The smallest absolute Gasteiger partial charge is 0.320 e. The number of nitrogens with zero attached hydrogens (tertiary/aromatic N) is 3. The molecule has 3 aromatic rings. The Kier molecular flexibility index (Phi) is 6.57. The van der Waals surface area contributed by atoms with Gasteiger partial charge in [-0.1, -0.05) is 11.6 Å². The first-order valence-electron chi connectivity index (χ1n) is 10.2. The maximum absolute atomic E-state index is 13.4. The van der Waals surface area contributed by atoms with Crippen LogP contribution in [0, 0.1) is 5.82 Å². The van der Waals surface area contributed by atoms with Gasteiger partial charge in [0.1, 0.15) is 29.8 Å². The van der Waals surface area contributed by atoms with Crippen molar-refractivity contribution in [2.45, 2.75) is 19.4 Å². The number of fused-ring (bicyclic) bond motifs is 1. The van der Waals surface area contributed by atoms with Gasteiger partial charge in [-0.15, -0.1) is 0 Å².